The number of halogens is 2. The first-order valence-corrected chi connectivity index (χ1v) is 14.4. The van der Waals surface area contributed by atoms with Crippen molar-refractivity contribution in [2.45, 2.75) is 24.0 Å². The molecule has 0 aliphatic rings. The Bertz CT molecular complexity index is 1240. The first-order chi connectivity index (χ1) is 17.3. The lowest BCUT2D eigenvalue weighted by Crippen LogP contribution is -2.41. The van der Waals surface area contributed by atoms with Crippen LogP contribution in [0, 0.1) is 5.82 Å². The number of nitrogens with zero attached hydrogens (tertiary/aromatic N) is 1. The van der Waals surface area contributed by atoms with Crippen LogP contribution in [-0.2, 0) is 20.6 Å². The summed E-state index contributed by atoms with van der Waals surface area (Å²) in [7, 11) is -4.11. The van der Waals surface area contributed by atoms with Crippen LogP contribution in [0.4, 0.5) is 10.1 Å². The number of carbonyl (C=O) groups excluding carboxylic acids is 1. The maximum Gasteiger partial charge on any atom is 0.264 e. The Hall–Kier alpha value is -2.75. The Morgan fingerprint density at radius 2 is 1.81 bits per heavy atom. The average molecular weight is 551 g/mol. The van der Waals surface area contributed by atoms with Gasteiger partial charge < -0.3 is 10.1 Å². The first-order valence-electron chi connectivity index (χ1n) is 11.4. The van der Waals surface area contributed by atoms with Gasteiger partial charge in [-0.2, -0.15) is 11.8 Å². The van der Waals surface area contributed by atoms with Gasteiger partial charge in [0.05, 0.1) is 17.2 Å². The molecule has 0 heterocycles. The summed E-state index contributed by atoms with van der Waals surface area (Å²) < 4.78 is 46.5. The molecule has 3 rings (SSSR count). The monoisotopic (exact) mass is 550 g/mol. The van der Waals surface area contributed by atoms with Crippen LogP contribution < -0.4 is 14.4 Å². The van der Waals surface area contributed by atoms with E-state index in [4.69, 9.17) is 16.3 Å². The highest BCUT2D eigenvalue weighted by Crippen LogP contribution is 2.26. The summed E-state index contributed by atoms with van der Waals surface area (Å²) in [5.74, 6) is 1.24. The number of sulfonamides is 1. The van der Waals surface area contributed by atoms with Gasteiger partial charge in [-0.15, -0.1) is 0 Å². The molecule has 0 saturated carbocycles. The topological polar surface area (TPSA) is 75.7 Å². The predicted molar refractivity (Wildman–Crippen MR) is 144 cm³/mol. The smallest absolute Gasteiger partial charge is 0.264 e. The maximum atomic E-state index is 13.4. The zero-order chi connectivity index (χ0) is 26.0. The molecule has 0 saturated heterocycles. The zero-order valence-corrected chi connectivity index (χ0v) is 22.2. The third-order valence-corrected chi connectivity index (χ3v) is 8.21. The second-order valence-corrected chi connectivity index (χ2v) is 11.2. The van der Waals surface area contributed by atoms with Crippen molar-refractivity contribution in [1.82, 2.24) is 5.32 Å². The maximum absolute atomic E-state index is 13.4. The van der Waals surface area contributed by atoms with E-state index in [1.807, 2.05) is 31.2 Å². The normalized spacial score (nSPS) is 11.2. The Morgan fingerprint density at radius 1 is 1.08 bits per heavy atom. The van der Waals surface area contributed by atoms with Gasteiger partial charge in [0.15, 0.2) is 0 Å². The largest absolute Gasteiger partial charge is 0.494 e. The van der Waals surface area contributed by atoms with E-state index < -0.39 is 28.3 Å². The fraction of sp³-hybridized carbons (Fsp3) is 0.269. The molecule has 6 nitrogen and oxygen atoms in total. The molecule has 1 N–H and O–H groups in total. The lowest BCUT2D eigenvalue weighted by molar-refractivity contribution is -0.119. The van der Waals surface area contributed by atoms with Crippen LogP contribution in [-0.4, -0.2) is 39.8 Å². The van der Waals surface area contributed by atoms with Crippen LogP contribution in [0.2, 0.25) is 5.02 Å². The van der Waals surface area contributed by atoms with Crippen LogP contribution in [0.25, 0.3) is 0 Å². The number of thioether (sulfide) groups is 1. The van der Waals surface area contributed by atoms with Gasteiger partial charge in [-0.3, -0.25) is 9.10 Å². The Kier molecular flexibility index (Phi) is 10.5. The van der Waals surface area contributed by atoms with E-state index in [9.17, 15) is 17.6 Å². The summed E-state index contributed by atoms with van der Waals surface area (Å²) in [5, 5.41) is 3.49. The zero-order valence-electron chi connectivity index (χ0n) is 19.8. The number of benzene rings is 3. The van der Waals surface area contributed by atoms with Crippen LogP contribution in [0.5, 0.6) is 5.75 Å². The molecular formula is C26H28ClFN2O4S2. The molecule has 0 spiro atoms. The molecule has 0 aliphatic heterocycles. The van der Waals surface area contributed by atoms with Crippen molar-refractivity contribution in [2.75, 3.05) is 29.8 Å². The SMILES string of the molecule is CCOc1ccc(N(CC(=O)NCCCSCc2cccc(Cl)c2)S(=O)(=O)c2ccc(F)cc2)cc1. The van der Waals surface area contributed by atoms with E-state index in [0.29, 0.717) is 29.6 Å². The van der Waals surface area contributed by atoms with Crippen molar-refractivity contribution in [3.8, 4) is 5.75 Å². The number of anilines is 1. The molecule has 1 amide bonds. The van der Waals surface area contributed by atoms with E-state index in [1.165, 1.54) is 12.1 Å². The first kappa shape index (κ1) is 27.8. The van der Waals surface area contributed by atoms with E-state index in [-0.39, 0.29) is 4.90 Å². The van der Waals surface area contributed by atoms with Gasteiger partial charge in [0, 0.05) is 17.3 Å². The van der Waals surface area contributed by atoms with Crippen molar-refractivity contribution >= 4 is 45.0 Å². The van der Waals surface area contributed by atoms with Gasteiger partial charge in [-0.25, -0.2) is 12.8 Å². The van der Waals surface area contributed by atoms with E-state index in [2.05, 4.69) is 5.32 Å². The third kappa shape index (κ3) is 8.15. The predicted octanol–water partition coefficient (Wildman–Crippen LogP) is 5.51. The van der Waals surface area contributed by atoms with Gasteiger partial charge in [0.2, 0.25) is 5.91 Å². The molecule has 0 aromatic heterocycles. The van der Waals surface area contributed by atoms with Gasteiger partial charge >= 0.3 is 0 Å². The second kappa shape index (κ2) is 13.5. The van der Waals surface area contributed by atoms with Crippen molar-refractivity contribution < 1.29 is 22.3 Å². The minimum atomic E-state index is -4.11. The Labute approximate surface area is 220 Å². The standard InChI is InChI=1S/C26H28ClFN2O4S2/c1-2-34-24-11-9-23(10-12-24)30(36(32,33)25-13-7-22(28)8-14-25)18-26(31)29-15-4-16-35-19-20-5-3-6-21(27)17-20/h3,5-14,17H,2,4,15-16,18-19H2,1H3,(H,29,31). The van der Waals surface area contributed by atoms with E-state index >= 15 is 0 Å². The van der Waals surface area contributed by atoms with Crippen molar-refractivity contribution in [3.05, 3.63) is 89.2 Å². The van der Waals surface area contributed by atoms with Crippen LogP contribution in [0.15, 0.2) is 77.7 Å². The van der Waals surface area contributed by atoms with Crippen molar-refractivity contribution in [1.29, 1.82) is 0 Å². The summed E-state index contributed by atoms with van der Waals surface area (Å²) in [5.41, 5.74) is 1.43. The molecule has 3 aromatic carbocycles. The fourth-order valence-electron chi connectivity index (χ4n) is 3.33. The molecule has 36 heavy (non-hydrogen) atoms. The number of rotatable bonds is 13. The minimum Gasteiger partial charge on any atom is -0.494 e. The quantitative estimate of drug-likeness (QED) is 0.284. The van der Waals surface area contributed by atoms with Gasteiger partial charge in [-0.1, -0.05) is 23.7 Å². The van der Waals surface area contributed by atoms with Gasteiger partial charge in [0.1, 0.15) is 18.1 Å². The molecule has 0 aliphatic carbocycles. The summed E-state index contributed by atoms with van der Waals surface area (Å²) in [6.07, 6.45) is 0.727. The minimum absolute atomic E-state index is 0.108. The summed E-state index contributed by atoms with van der Waals surface area (Å²) in [6, 6.07) is 18.6. The molecule has 0 radical (unpaired) electrons. The summed E-state index contributed by atoms with van der Waals surface area (Å²) in [6.45, 7) is 2.31. The Balaban J connectivity index is 1.61. The van der Waals surface area contributed by atoms with Gasteiger partial charge in [-0.05, 0) is 85.3 Å². The molecular weight excluding hydrogens is 523 g/mol. The lowest BCUT2D eigenvalue weighted by atomic mass is 10.2. The van der Waals surface area contributed by atoms with Crippen LogP contribution in [0.1, 0.15) is 18.9 Å². The highest BCUT2D eigenvalue weighted by atomic mass is 35.5. The van der Waals surface area contributed by atoms with Crippen molar-refractivity contribution in [3.63, 3.8) is 0 Å². The molecule has 0 unspecified atom stereocenters. The lowest BCUT2D eigenvalue weighted by Gasteiger charge is -2.24. The highest BCUT2D eigenvalue weighted by molar-refractivity contribution is 7.98. The highest BCUT2D eigenvalue weighted by Gasteiger charge is 2.27. The molecule has 3 aromatic rings. The molecule has 192 valence electrons. The van der Waals surface area contributed by atoms with E-state index in [1.54, 1.807) is 36.0 Å². The number of ether oxygens (including phenoxy) is 1. The van der Waals surface area contributed by atoms with Crippen LogP contribution >= 0.6 is 23.4 Å². The number of hydrogen-bond donors (Lipinski definition) is 1. The molecule has 0 fully saturated rings. The molecule has 0 bridgehead atoms. The van der Waals surface area contributed by atoms with Gasteiger partial charge in [0.25, 0.3) is 10.0 Å². The fourth-order valence-corrected chi connectivity index (χ4v) is 5.87. The van der Waals surface area contributed by atoms with E-state index in [0.717, 1.165) is 39.9 Å². The Morgan fingerprint density at radius 3 is 2.47 bits per heavy atom. The molecule has 10 heteroatoms. The summed E-state index contributed by atoms with van der Waals surface area (Å²) >= 11 is 7.73. The molecule has 0 atom stereocenters. The van der Waals surface area contributed by atoms with Crippen LogP contribution in [0.3, 0.4) is 0 Å². The average Bonchev–Trinajstić information content (AvgIpc) is 2.86. The third-order valence-electron chi connectivity index (χ3n) is 5.07. The van der Waals surface area contributed by atoms with Crippen molar-refractivity contribution in [2.24, 2.45) is 0 Å². The second-order valence-electron chi connectivity index (χ2n) is 7.78. The number of hydrogen-bond acceptors (Lipinski definition) is 5. The summed E-state index contributed by atoms with van der Waals surface area (Å²) in [4.78, 5) is 12.6. The number of carbonyl (C=O) groups is 1. The number of amides is 1. The number of nitrogens with one attached hydrogen (secondary N) is 1.